The van der Waals surface area contributed by atoms with Crippen molar-refractivity contribution >= 4 is 11.4 Å². The third kappa shape index (κ3) is 4.60. The van der Waals surface area contributed by atoms with Crippen molar-refractivity contribution in [3.8, 4) is 0 Å². The second-order valence-corrected chi connectivity index (χ2v) is 3.96. The minimum atomic E-state index is 0.829. The average Bonchev–Trinajstić information content (AvgIpc) is 2.34. The molecule has 17 heavy (non-hydrogen) atoms. The highest BCUT2D eigenvalue weighted by molar-refractivity contribution is 5.46. The molecule has 0 saturated heterocycles. The van der Waals surface area contributed by atoms with E-state index in [0.717, 1.165) is 17.8 Å². The van der Waals surface area contributed by atoms with Crippen LogP contribution < -0.4 is 11.5 Å². The zero-order chi connectivity index (χ0) is 12.7. The Labute approximate surface area is 103 Å². The normalized spacial score (nSPS) is 9.29. The Kier molecular flexibility index (Phi) is 5.08. The summed E-state index contributed by atoms with van der Waals surface area (Å²) in [5.41, 5.74) is 15.3. The maximum Gasteiger partial charge on any atom is 0.0346 e. The minimum Gasteiger partial charge on any atom is -0.399 e. The zero-order valence-corrected chi connectivity index (χ0v) is 10.5. The monoisotopic (exact) mass is 228 g/mol. The highest BCUT2D eigenvalue weighted by Crippen LogP contribution is 2.09. The largest absolute Gasteiger partial charge is 0.399 e. The molecule has 0 aliphatic carbocycles. The van der Waals surface area contributed by atoms with Crippen LogP contribution in [0.4, 0.5) is 11.4 Å². The van der Waals surface area contributed by atoms with Crippen LogP contribution in [0.5, 0.6) is 0 Å². The predicted molar refractivity (Wildman–Crippen MR) is 75.8 cm³/mol. The van der Waals surface area contributed by atoms with Crippen molar-refractivity contribution in [3.05, 3.63) is 59.7 Å². The maximum absolute atomic E-state index is 5.63. The van der Waals surface area contributed by atoms with Crippen molar-refractivity contribution in [2.24, 2.45) is 0 Å². The van der Waals surface area contributed by atoms with Crippen molar-refractivity contribution in [1.29, 1.82) is 0 Å². The molecule has 2 rings (SSSR count). The average molecular weight is 228 g/mol. The van der Waals surface area contributed by atoms with Crippen LogP contribution in [-0.2, 0) is 6.42 Å². The predicted octanol–water partition coefficient (Wildman–Crippen LogP) is 3.41. The van der Waals surface area contributed by atoms with E-state index in [0.29, 0.717) is 0 Å². The van der Waals surface area contributed by atoms with Gasteiger partial charge < -0.3 is 11.5 Å². The molecule has 2 aromatic carbocycles. The van der Waals surface area contributed by atoms with Crippen molar-refractivity contribution in [1.82, 2.24) is 0 Å². The molecule has 0 spiro atoms. The fourth-order valence-electron chi connectivity index (χ4n) is 1.42. The molecule has 90 valence electrons. The van der Waals surface area contributed by atoms with Crippen LogP contribution in [0.2, 0.25) is 0 Å². The Morgan fingerprint density at radius 2 is 1.47 bits per heavy atom. The molecule has 0 unspecified atom stereocenters. The molecule has 0 aromatic heterocycles. The second-order valence-electron chi connectivity index (χ2n) is 3.96. The van der Waals surface area contributed by atoms with Crippen LogP contribution in [-0.4, -0.2) is 0 Å². The Morgan fingerprint density at radius 3 is 1.88 bits per heavy atom. The molecule has 2 aromatic rings. The summed E-state index contributed by atoms with van der Waals surface area (Å²) in [7, 11) is 0. The summed E-state index contributed by atoms with van der Waals surface area (Å²) < 4.78 is 0. The summed E-state index contributed by atoms with van der Waals surface area (Å²) in [4.78, 5) is 0. The van der Waals surface area contributed by atoms with Gasteiger partial charge in [-0.1, -0.05) is 42.8 Å². The van der Waals surface area contributed by atoms with Crippen LogP contribution in [0.15, 0.2) is 48.5 Å². The van der Waals surface area contributed by atoms with E-state index < -0.39 is 0 Å². The molecule has 0 bridgehead atoms. The van der Waals surface area contributed by atoms with E-state index in [1.807, 2.05) is 49.4 Å². The molecule has 0 aliphatic heterocycles. The first kappa shape index (κ1) is 13.1. The lowest BCUT2D eigenvalue weighted by molar-refractivity contribution is 1.14. The quantitative estimate of drug-likeness (QED) is 0.735. The van der Waals surface area contributed by atoms with Gasteiger partial charge in [0.15, 0.2) is 0 Å². The van der Waals surface area contributed by atoms with E-state index in [1.54, 1.807) is 0 Å². The number of hydrogen-bond acceptors (Lipinski definition) is 2. The highest BCUT2D eigenvalue weighted by Gasteiger charge is 1.90. The Morgan fingerprint density at radius 1 is 0.882 bits per heavy atom. The van der Waals surface area contributed by atoms with Gasteiger partial charge in [0.05, 0.1) is 0 Å². The van der Waals surface area contributed by atoms with E-state index in [-0.39, 0.29) is 0 Å². The number of anilines is 2. The molecule has 0 saturated carbocycles. The van der Waals surface area contributed by atoms with Crippen molar-refractivity contribution in [2.75, 3.05) is 11.5 Å². The molecular weight excluding hydrogens is 208 g/mol. The number of hydrogen-bond donors (Lipinski definition) is 2. The number of para-hydroxylation sites is 1. The lowest BCUT2D eigenvalue weighted by Crippen LogP contribution is -1.90. The Balaban J connectivity index is 0.000000171. The molecule has 2 heteroatoms. The molecule has 0 heterocycles. The summed E-state index contributed by atoms with van der Waals surface area (Å²) in [6.07, 6.45) is 1.02. The summed E-state index contributed by atoms with van der Waals surface area (Å²) in [5.74, 6) is 0. The van der Waals surface area contributed by atoms with Gasteiger partial charge in [0.2, 0.25) is 0 Å². The standard InChI is InChI=1S/C8H11N.C7H9N/c1-2-7-5-3-4-6-8(7)9;1-6-2-4-7(8)5-3-6/h3-6H,2,9H2,1H3;2-5H,8H2,1H3. The van der Waals surface area contributed by atoms with E-state index in [9.17, 15) is 0 Å². The number of rotatable bonds is 1. The van der Waals surface area contributed by atoms with Gasteiger partial charge in [0.1, 0.15) is 0 Å². The third-order valence-corrected chi connectivity index (χ3v) is 2.51. The summed E-state index contributed by atoms with van der Waals surface area (Å²) in [5, 5.41) is 0. The van der Waals surface area contributed by atoms with E-state index in [1.165, 1.54) is 11.1 Å². The Hall–Kier alpha value is -1.96. The fraction of sp³-hybridized carbons (Fsp3) is 0.200. The van der Waals surface area contributed by atoms with Gasteiger partial charge in [-0.25, -0.2) is 0 Å². The van der Waals surface area contributed by atoms with Gasteiger partial charge in [-0.15, -0.1) is 0 Å². The number of nitrogens with two attached hydrogens (primary N) is 2. The van der Waals surface area contributed by atoms with Gasteiger partial charge >= 0.3 is 0 Å². The van der Waals surface area contributed by atoms with Crippen LogP contribution in [0, 0.1) is 6.92 Å². The lowest BCUT2D eigenvalue weighted by Gasteiger charge is -1.98. The van der Waals surface area contributed by atoms with E-state index in [2.05, 4.69) is 13.0 Å². The van der Waals surface area contributed by atoms with Gasteiger partial charge in [-0.3, -0.25) is 0 Å². The van der Waals surface area contributed by atoms with Crippen molar-refractivity contribution < 1.29 is 0 Å². The van der Waals surface area contributed by atoms with Crippen molar-refractivity contribution in [3.63, 3.8) is 0 Å². The first-order valence-corrected chi connectivity index (χ1v) is 5.79. The maximum atomic E-state index is 5.63. The van der Waals surface area contributed by atoms with Gasteiger partial charge in [0.25, 0.3) is 0 Å². The molecular formula is C15H20N2. The molecule has 0 fully saturated rings. The summed E-state index contributed by atoms with van der Waals surface area (Å²) in [6, 6.07) is 15.7. The topological polar surface area (TPSA) is 52.0 Å². The van der Waals surface area contributed by atoms with Crippen LogP contribution >= 0.6 is 0 Å². The van der Waals surface area contributed by atoms with E-state index in [4.69, 9.17) is 11.5 Å². The number of benzene rings is 2. The minimum absolute atomic E-state index is 0.829. The van der Waals surface area contributed by atoms with Gasteiger partial charge in [-0.05, 0) is 37.1 Å². The molecule has 0 aliphatic rings. The van der Waals surface area contributed by atoms with Crippen LogP contribution in [0.3, 0.4) is 0 Å². The second kappa shape index (κ2) is 6.59. The lowest BCUT2D eigenvalue weighted by atomic mass is 10.1. The number of nitrogen functional groups attached to an aromatic ring is 2. The zero-order valence-electron chi connectivity index (χ0n) is 10.5. The molecule has 0 atom stereocenters. The smallest absolute Gasteiger partial charge is 0.0346 e. The number of aryl methyl sites for hydroxylation is 2. The Bertz CT molecular complexity index is 426. The third-order valence-electron chi connectivity index (χ3n) is 2.51. The first-order chi connectivity index (χ1) is 8.13. The highest BCUT2D eigenvalue weighted by atomic mass is 14.6. The van der Waals surface area contributed by atoms with E-state index >= 15 is 0 Å². The first-order valence-electron chi connectivity index (χ1n) is 5.79. The summed E-state index contributed by atoms with van der Waals surface area (Å²) >= 11 is 0. The molecule has 0 amide bonds. The van der Waals surface area contributed by atoms with Crippen LogP contribution in [0.25, 0.3) is 0 Å². The van der Waals surface area contributed by atoms with Crippen LogP contribution in [0.1, 0.15) is 18.1 Å². The van der Waals surface area contributed by atoms with Gasteiger partial charge in [-0.2, -0.15) is 0 Å². The molecule has 0 radical (unpaired) electrons. The molecule has 2 nitrogen and oxygen atoms in total. The molecule has 4 N–H and O–H groups in total. The SMILES string of the molecule is CCc1ccccc1N.Cc1ccc(N)cc1. The van der Waals surface area contributed by atoms with Crippen molar-refractivity contribution in [2.45, 2.75) is 20.3 Å². The summed E-state index contributed by atoms with van der Waals surface area (Å²) in [6.45, 7) is 4.14. The fourth-order valence-corrected chi connectivity index (χ4v) is 1.42. The van der Waals surface area contributed by atoms with Gasteiger partial charge in [0, 0.05) is 11.4 Å².